The molecule has 0 spiro atoms. The summed E-state index contributed by atoms with van der Waals surface area (Å²) < 4.78 is 0. The molecule has 0 saturated carbocycles. The third-order valence-corrected chi connectivity index (χ3v) is 4.24. The van der Waals surface area contributed by atoms with Crippen molar-refractivity contribution in [2.24, 2.45) is 5.92 Å². The van der Waals surface area contributed by atoms with Gasteiger partial charge in [-0.25, -0.2) is 0 Å². The lowest BCUT2D eigenvalue weighted by Gasteiger charge is -2.26. The maximum Gasteiger partial charge on any atom is 0.231 e. The molecule has 1 unspecified atom stereocenters. The van der Waals surface area contributed by atoms with Gasteiger partial charge in [-0.1, -0.05) is 6.92 Å². The minimum Gasteiger partial charge on any atom is -0.368 e. The lowest BCUT2D eigenvalue weighted by molar-refractivity contribution is 0.567. The molecule has 0 aliphatic carbocycles. The normalized spacial score (nSPS) is 17.0. The zero-order chi connectivity index (χ0) is 14.4. The van der Waals surface area contributed by atoms with Crippen molar-refractivity contribution in [1.29, 1.82) is 0 Å². The Morgan fingerprint density at radius 3 is 2.70 bits per heavy atom. The van der Waals surface area contributed by atoms with Crippen molar-refractivity contribution in [2.75, 3.05) is 47.6 Å². The fourth-order valence-corrected chi connectivity index (χ4v) is 2.99. The van der Waals surface area contributed by atoms with Crippen LogP contribution in [0.2, 0.25) is 0 Å². The van der Waals surface area contributed by atoms with Gasteiger partial charge in [0.1, 0.15) is 0 Å². The van der Waals surface area contributed by atoms with Gasteiger partial charge in [0.15, 0.2) is 0 Å². The number of nitrogen functional groups attached to an aromatic ring is 1. The molecule has 6 nitrogen and oxygen atoms in total. The van der Waals surface area contributed by atoms with Crippen LogP contribution in [0.1, 0.15) is 26.2 Å². The molecule has 1 aliphatic heterocycles. The largest absolute Gasteiger partial charge is 0.368 e. The van der Waals surface area contributed by atoms with E-state index in [1.165, 1.54) is 19.3 Å². The number of rotatable bonds is 6. The molecule has 1 aromatic heterocycles. The summed E-state index contributed by atoms with van der Waals surface area (Å²) in [5, 5.41) is 3.27. The van der Waals surface area contributed by atoms with Crippen molar-refractivity contribution >= 4 is 29.6 Å². The van der Waals surface area contributed by atoms with Gasteiger partial charge in [-0.2, -0.15) is 26.7 Å². The molecule has 7 heteroatoms. The summed E-state index contributed by atoms with van der Waals surface area (Å²) in [7, 11) is 0. The Morgan fingerprint density at radius 2 is 2.00 bits per heavy atom. The Bertz CT molecular complexity index is 421. The van der Waals surface area contributed by atoms with E-state index in [0.717, 1.165) is 25.4 Å². The Hall–Kier alpha value is -1.24. The molecule has 1 aromatic rings. The molecular weight excluding hydrogens is 272 g/mol. The lowest BCUT2D eigenvalue weighted by atomic mass is 10.1. The Labute approximate surface area is 125 Å². The molecule has 1 aliphatic rings. The molecule has 0 bridgehead atoms. The summed E-state index contributed by atoms with van der Waals surface area (Å²) in [6, 6.07) is 0. The van der Waals surface area contributed by atoms with E-state index in [-0.39, 0.29) is 0 Å². The first kappa shape index (κ1) is 15.2. The SMILES string of the molecule is CSCC(C)CNc1nc(N)nc(N2CCCCC2)n1. The summed E-state index contributed by atoms with van der Waals surface area (Å²) >= 11 is 1.85. The first-order valence-corrected chi connectivity index (χ1v) is 8.57. The molecular formula is C13H24N6S. The minimum atomic E-state index is 0.292. The molecule has 112 valence electrons. The minimum absolute atomic E-state index is 0.292. The molecule has 0 aromatic carbocycles. The van der Waals surface area contributed by atoms with Gasteiger partial charge in [-0.3, -0.25) is 0 Å². The van der Waals surface area contributed by atoms with Crippen molar-refractivity contribution < 1.29 is 0 Å². The van der Waals surface area contributed by atoms with Crippen molar-refractivity contribution in [3.63, 3.8) is 0 Å². The van der Waals surface area contributed by atoms with Gasteiger partial charge < -0.3 is 16.0 Å². The van der Waals surface area contributed by atoms with E-state index in [9.17, 15) is 0 Å². The van der Waals surface area contributed by atoms with E-state index >= 15 is 0 Å². The number of nitrogens with zero attached hydrogens (tertiary/aromatic N) is 4. The third-order valence-electron chi connectivity index (χ3n) is 3.34. The van der Waals surface area contributed by atoms with Crippen LogP contribution in [0.15, 0.2) is 0 Å². The van der Waals surface area contributed by atoms with Crippen LogP contribution < -0.4 is 16.0 Å². The van der Waals surface area contributed by atoms with Gasteiger partial charge in [0.2, 0.25) is 17.8 Å². The molecule has 0 radical (unpaired) electrons. The van der Waals surface area contributed by atoms with Crippen molar-refractivity contribution in [3.05, 3.63) is 0 Å². The number of aromatic nitrogens is 3. The highest BCUT2D eigenvalue weighted by Crippen LogP contribution is 2.17. The second kappa shape index (κ2) is 7.52. The van der Waals surface area contributed by atoms with Crippen molar-refractivity contribution in [2.45, 2.75) is 26.2 Å². The van der Waals surface area contributed by atoms with Crippen LogP contribution in [0.3, 0.4) is 0 Å². The standard InChI is InChI=1S/C13H24N6S/c1-10(9-20-2)8-15-12-16-11(14)17-13(18-12)19-6-4-3-5-7-19/h10H,3-9H2,1-2H3,(H3,14,15,16,17,18). The quantitative estimate of drug-likeness (QED) is 0.829. The second-order valence-corrected chi connectivity index (χ2v) is 6.22. The topological polar surface area (TPSA) is 80.0 Å². The maximum absolute atomic E-state index is 5.80. The van der Waals surface area contributed by atoms with Crippen LogP contribution in [-0.4, -0.2) is 46.6 Å². The molecule has 1 atom stereocenters. The third kappa shape index (κ3) is 4.40. The van der Waals surface area contributed by atoms with E-state index in [0.29, 0.717) is 23.8 Å². The van der Waals surface area contributed by atoms with E-state index in [1.54, 1.807) is 0 Å². The smallest absolute Gasteiger partial charge is 0.231 e. The number of nitrogens with two attached hydrogens (primary N) is 1. The zero-order valence-corrected chi connectivity index (χ0v) is 13.1. The number of anilines is 3. The molecule has 20 heavy (non-hydrogen) atoms. The molecule has 0 amide bonds. The zero-order valence-electron chi connectivity index (χ0n) is 12.3. The number of hydrogen-bond acceptors (Lipinski definition) is 7. The highest BCUT2D eigenvalue weighted by atomic mass is 32.2. The van der Waals surface area contributed by atoms with E-state index < -0.39 is 0 Å². The van der Waals surface area contributed by atoms with Gasteiger partial charge in [-0.05, 0) is 37.2 Å². The van der Waals surface area contributed by atoms with E-state index in [2.05, 4.69) is 38.3 Å². The van der Waals surface area contributed by atoms with Gasteiger partial charge >= 0.3 is 0 Å². The maximum atomic E-state index is 5.80. The van der Waals surface area contributed by atoms with Crippen LogP contribution in [-0.2, 0) is 0 Å². The summed E-state index contributed by atoms with van der Waals surface area (Å²) in [5.74, 6) is 3.28. The average Bonchev–Trinajstić information content (AvgIpc) is 2.46. The molecule has 1 fully saturated rings. The van der Waals surface area contributed by atoms with Crippen LogP contribution in [0.5, 0.6) is 0 Å². The highest BCUT2D eigenvalue weighted by Gasteiger charge is 2.15. The summed E-state index contributed by atoms with van der Waals surface area (Å²) in [6.07, 6.45) is 5.79. The fraction of sp³-hybridized carbons (Fsp3) is 0.769. The predicted molar refractivity (Wildman–Crippen MR) is 86.3 cm³/mol. The number of piperidine rings is 1. The van der Waals surface area contributed by atoms with Gasteiger partial charge in [0.05, 0.1) is 0 Å². The van der Waals surface area contributed by atoms with Gasteiger partial charge in [0.25, 0.3) is 0 Å². The van der Waals surface area contributed by atoms with E-state index in [1.807, 2.05) is 11.8 Å². The van der Waals surface area contributed by atoms with Crippen LogP contribution in [0.25, 0.3) is 0 Å². The molecule has 2 rings (SSSR count). The van der Waals surface area contributed by atoms with Crippen molar-refractivity contribution in [1.82, 2.24) is 15.0 Å². The highest BCUT2D eigenvalue weighted by molar-refractivity contribution is 7.98. The fourth-order valence-electron chi connectivity index (χ4n) is 2.30. The van der Waals surface area contributed by atoms with Crippen LogP contribution in [0, 0.1) is 5.92 Å². The van der Waals surface area contributed by atoms with E-state index in [4.69, 9.17) is 5.73 Å². The second-order valence-electron chi connectivity index (χ2n) is 5.31. The van der Waals surface area contributed by atoms with Crippen LogP contribution >= 0.6 is 11.8 Å². The number of thioether (sulfide) groups is 1. The van der Waals surface area contributed by atoms with Crippen molar-refractivity contribution in [3.8, 4) is 0 Å². The first-order valence-electron chi connectivity index (χ1n) is 7.18. The summed E-state index contributed by atoms with van der Waals surface area (Å²) in [6.45, 7) is 5.07. The predicted octanol–water partition coefficient (Wildman–Crippen LogP) is 1.86. The molecule has 1 saturated heterocycles. The van der Waals surface area contributed by atoms with Gasteiger partial charge in [-0.15, -0.1) is 0 Å². The molecule has 3 N–H and O–H groups in total. The Morgan fingerprint density at radius 1 is 1.25 bits per heavy atom. The lowest BCUT2D eigenvalue weighted by Crippen LogP contribution is -2.31. The Balaban J connectivity index is 2.00. The van der Waals surface area contributed by atoms with Gasteiger partial charge in [0, 0.05) is 19.6 Å². The number of hydrogen-bond donors (Lipinski definition) is 2. The first-order chi connectivity index (χ1) is 9.69. The van der Waals surface area contributed by atoms with Crippen LogP contribution in [0.4, 0.5) is 17.8 Å². The average molecular weight is 296 g/mol. The summed E-state index contributed by atoms with van der Waals surface area (Å²) in [5.41, 5.74) is 5.80. The Kier molecular flexibility index (Phi) is 5.70. The molecule has 2 heterocycles. The monoisotopic (exact) mass is 296 g/mol. The number of nitrogens with one attached hydrogen (secondary N) is 1. The summed E-state index contributed by atoms with van der Waals surface area (Å²) in [4.78, 5) is 15.1.